The van der Waals surface area contributed by atoms with Crippen molar-refractivity contribution in [1.82, 2.24) is 25.1 Å². The summed E-state index contributed by atoms with van der Waals surface area (Å²) < 4.78 is 7.03. The van der Waals surface area contributed by atoms with Gasteiger partial charge in [-0.05, 0) is 48.7 Å². The minimum Gasteiger partial charge on any atom is -0.450 e. The van der Waals surface area contributed by atoms with Crippen molar-refractivity contribution in [3.63, 3.8) is 0 Å². The van der Waals surface area contributed by atoms with Crippen LogP contribution in [0.2, 0.25) is 0 Å². The Hall–Kier alpha value is -2.44. The number of benzene rings is 1. The van der Waals surface area contributed by atoms with Gasteiger partial charge in [0.2, 0.25) is 0 Å². The summed E-state index contributed by atoms with van der Waals surface area (Å²) in [6.45, 7) is 4.20. The van der Waals surface area contributed by atoms with Crippen LogP contribution in [0.25, 0.3) is 5.69 Å². The summed E-state index contributed by atoms with van der Waals surface area (Å²) in [4.78, 5) is 14.2. The van der Waals surface area contributed by atoms with Crippen LogP contribution in [0.1, 0.15) is 50.4 Å². The SMILES string of the molecule is CCOC(=O)N(C)C1(c2nnnn2-c2ccccc2C)CCCCC1. The zero-order valence-electron chi connectivity index (χ0n) is 15.1. The van der Waals surface area contributed by atoms with Crippen LogP contribution >= 0.6 is 0 Å². The summed E-state index contributed by atoms with van der Waals surface area (Å²) in [6.07, 6.45) is 4.55. The Bertz CT molecular complexity index is 737. The van der Waals surface area contributed by atoms with Gasteiger partial charge in [0, 0.05) is 7.05 Å². The third-order valence-electron chi connectivity index (χ3n) is 5.09. The molecule has 1 heterocycles. The Kier molecular flexibility index (Phi) is 5.01. The van der Waals surface area contributed by atoms with Crippen molar-refractivity contribution in [2.45, 2.75) is 51.5 Å². The monoisotopic (exact) mass is 343 g/mol. The number of rotatable bonds is 4. The van der Waals surface area contributed by atoms with Crippen LogP contribution in [0.5, 0.6) is 0 Å². The predicted molar refractivity (Wildman–Crippen MR) is 93.4 cm³/mol. The van der Waals surface area contributed by atoms with Crippen LogP contribution in [0.4, 0.5) is 4.79 Å². The second-order valence-electron chi connectivity index (χ2n) is 6.55. The molecule has 0 unspecified atom stereocenters. The van der Waals surface area contributed by atoms with Gasteiger partial charge in [-0.15, -0.1) is 5.10 Å². The molecule has 0 spiro atoms. The number of carbonyl (C=O) groups is 1. The Morgan fingerprint density at radius 1 is 1.28 bits per heavy atom. The minimum atomic E-state index is -0.545. The first-order valence-electron chi connectivity index (χ1n) is 8.85. The summed E-state index contributed by atoms with van der Waals surface area (Å²) >= 11 is 0. The van der Waals surface area contributed by atoms with E-state index in [-0.39, 0.29) is 6.09 Å². The van der Waals surface area contributed by atoms with Crippen LogP contribution in [0.15, 0.2) is 24.3 Å². The van der Waals surface area contributed by atoms with Crippen molar-refractivity contribution in [2.75, 3.05) is 13.7 Å². The molecule has 7 heteroatoms. The molecule has 0 bridgehead atoms. The predicted octanol–water partition coefficient (Wildman–Crippen LogP) is 3.22. The molecule has 1 aliphatic carbocycles. The van der Waals surface area contributed by atoms with E-state index in [1.807, 2.05) is 38.1 Å². The van der Waals surface area contributed by atoms with E-state index in [9.17, 15) is 4.79 Å². The zero-order valence-corrected chi connectivity index (χ0v) is 15.1. The Labute approximate surface area is 148 Å². The normalized spacial score (nSPS) is 16.4. The van der Waals surface area contributed by atoms with Crippen molar-refractivity contribution < 1.29 is 9.53 Å². The van der Waals surface area contributed by atoms with Gasteiger partial charge in [0.05, 0.1) is 12.3 Å². The van der Waals surface area contributed by atoms with Crippen molar-refractivity contribution in [3.8, 4) is 5.69 Å². The fourth-order valence-electron chi connectivity index (χ4n) is 3.68. The highest BCUT2D eigenvalue weighted by Crippen LogP contribution is 2.41. The first kappa shape index (κ1) is 17.4. The van der Waals surface area contributed by atoms with E-state index in [0.717, 1.165) is 43.4 Å². The molecule has 25 heavy (non-hydrogen) atoms. The van der Waals surface area contributed by atoms with Gasteiger partial charge in [-0.25, -0.2) is 4.79 Å². The molecule has 0 aliphatic heterocycles. The molecule has 0 radical (unpaired) electrons. The lowest BCUT2D eigenvalue weighted by Gasteiger charge is -2.42. The quantitative estimate of drug-likeness (QED) is 0.852. The third kappa shape index (κ3) is 3.10. The van der Waals surface area contributed by atoms with Gasteiger partial charge in [-0.2, -0.15) is 4.68 Å². The second kappa shape index (κ2) is 7.21. The molecule has 0 N–H and O–H groups in total. The Balaban J connectivity index is 2.08. The molecule has 1 saturated carbocycles. The van der Waals surface area contributed by atoms with Gasteiger partial charge in [-0.3, -0.25) is 4.90 Å². The van der Waals surface area contributed by atoms with Gasteiger partial charge in [-0.1, -0.05) is 37.5 Å². The molecule has 1 aromatic carbocycles. The van der Waals surface area contributed by atoms with Crippen LogP contribution in [0, 0.1) is 6.92 Å². The zero-order chi connectivity index (χ0) is 17.9. The highest BCUT2D eigenvalue weighted by molar-refractivity contribution is 5.68. The van der Waals surface area contributed by atoms with Crippen molar-refractivity contribution >= 4 is 6.09 Å². The van der Waals surface area contributed by atoms with E-state index < -0.39 is 5.54 Å². The lowest BCUT2D eigenvalue weighted by molar-refractivity contribution is 0.0390. The molecule has 1 fully saturated rings. The van der Waals surface area contributed by atoms with E-state index in [4.69, 9.17) is 4.74 Å². The topological polar surface area (TPSA) is 73.1 Å². The maximum atomic E-state index is 12.5. The molecule has 1 amide bonds. The Morgan fingerprint density at radius 3 is 2.68 bits per heavy atom. The van der Waals surface area contributed by atoms with Crippen LogP contribution < -0.4 is 0 Å². The van der Waals surface area contributed by atoms with Crippen LogP contribution in [-0.4, -0.2) is 44.9 Å². The number of para-hydroxylation sites is 1. The maximum absolute atomic E-state index is 12.5. The average Bonchev–Trinajstić information content (AvgIpc) is 3.12. The number of tetrazole rings is 1. The van der Waals surface area contributed by atoms with Gasteiger partial charge in [0.1, 0.15) is 5.54 Å². The van der Waals surface area contributed by atoms with Gasteiger partial charge in [0.15, 0.2) is 5.82 Å². The summed E-state index contributed by atoms with van der Waals surface area (Å²) in [6, 6.07) is 7.99. The molecule has 1 aromatic heterocycles. The lowest BCUT2D eigenvalue weighted by atomic mass is 9.79. The van der Waals surface area contributed by atoms with E-state index in [0.29, 0.717) is 12.4 Å². The first-order chi connectivity index (χ1) is 12.1. The summed E-state index contributed by atoms with van der Waals surface area (Å²) in [5, 5.41) is 12.5. The van der Waals surface area contributed by atoms with Crippen molar-refractivity contribution in [1.29, 1.82) is 0 Å². The third-order valence-corrected chi connectivity index (χ3v) is 5.09. The standard InChI is InChI=1S/C18H25N5O2/c1-4-25-17(24)22(3)18(12-8-5-9-13-18)16-19-20-21-23(16)15-11-7-6-10-14(15)2/h6-7,10-11H,4-5,8-9,12-13H2,1-3H3. The molecule has 3 rings (SSSR count). The number of ether oxygens (including phenoxy) is 1. The first-order valence-corrected chi connectivity index (χ1v) is 8.85. The lowest BCUT2D eigenvalue weighted by Crippen LogP contribution is -2.50. The fourth-order valence-corrected chi connectivity index (χ4v) is 3.68. The number of hydrogen-bond donors (Lipinski definition) is 0. The molecular formula is C18H25N5O2. The molecule has 7 nitrogen and oxygen atoms in total. The van der Waals surface area contributed by atoms with Gasteiger partial charge in [0.25, 0.3) is 0 Å². The van der Waals surface area contributed by atoms with E-state index in [2.05, 4.69) is 15.5 Å². The maximum Gasteiger partial charge on any atom is 0.410 e. The number of carbonyl (C=O) groups excluding carboxylic acids is 1. The fraction of sp³-hybridized carbons (Fsp3) is 0.556. The molecule has 134 valence electrons. The number of aromatic nitrogens is 4. The molecule has 0 atom stereocenters. The highest BCUT2D eigenvalue weighted by atomic mass is 16.6. The molecule has 2 aromatic rings. The van der Waals surface area contributed by atoms with E-state index >= 15 is 0 Å². The summed E-state index contributed by atoms with van der Waals surface area (Å²) in [7, 11) is 1.79. The number of nitrogens with zero attached hydrogens (tertiary/aromatic N) is 5. The van der Waals surface area contributed by atoms with Crippen LogP contribution in [0.3, 0.4) is 0 Å². The minimum absolute atomic E-state index is 0.330. The average molecular weight is 343 g/mol. The largest absolute Gasteiger partial charge is 0.450 e. The van der Waals surface area contributed by atoms with Crippen molar-refractivity contribution in [3.05, 3.63) is 35.7 Å². The molecule has 0 saturated heterocycles. The van der Waals surface area contributed by atoms with E-state index in [1.165, 1.54) is 0 Å². The molecular weight excluding hydrogens is 318 g/mol. The van der Waals surface area contributed by atoms with E-state index in [1.54, 1.807) is 16.6 Å². The van der Waals surface area contributed by atoms with Gasteiger partial charge < -0.3 is 4.74 Å². The van der Waals surface area contributed by atoms with Crippen molar-refractivity contribution in [2.24, 2.45) is 0 Å². The smallest absolute Gasteiger partial charge is 0.410 e. The summed E-state index contributed by atoms with van der Waals surface area (Å²) in [5.41, 5.74) is 1.47. The number of amides is 1. The summed E-state index contributed by atoms with van der Waals surface area (Å²) in [5.74, 6) is 0.706. The second-order valence-corrected chi connectivity index (χ2v) is 6.55. The molecule has 1 aliphatic rings. The highest BCUT2D eigenvalue weighted by Gasteiger charge is 2.45. The number of aryl methyl sites for hydroxylation is 1. The van der Waals surface area contributed by atoms with Gasteiger partial charge >= 0.3 is 6.09 Å². The van der Waals surface area contributed by atoms with Crippen LogP contribution in [-0.2, 0) is 10.3 Å². The number of hydrogen-bond acceptors (Lipinski definition) is 5. The Morgan fingerprint density at radius 2 is 2.00 bits per heavy atom.